The van der Waals surface area contributed by atoms with Crippen molar-refractivity contribution < 1.29 is 19.1 Å². The second kappa shape index (κ2) is 7.02. The molecule has 6 nitrogen and oxygen atoms in total. The molecular weight excluding hydrogens is 339 g/mol. The number of halogens is 2. The Labute approximate surface area is 134 Å². The Morgan fingerprint density at radius 3 is 2.90 bits per heavy atom. The lowest BCUT2D eigenvalue weighted by Crippen LogP contribution is -2.10. The van der Waals surface area contributed by atoms with Crippen molar-refractivity contribution in [2.75, 3.05) is 0 Å². The van der Waals surface area contributed by atoms with Gasteiger partial charge in [-0.05, 0) is 25.1 Å². The minimum Gasteiger partial charge on any atom is -0.482 e. The van der Waals surface area contributed by atoms with Crippen LogP contribution in [0.15, 0.2) is 27.8 Å². The molecule has 0 saturated heterocycles. The highest BCUT2D eigenvalue weighted by atomic mass is 35.5. The molecule has 0 saturated carbocycles. The molecular formula is C12H10Cl2N2O4S. The van der Waals surface area contributed by atoms with Crippen molar-refractivity contribution in [1.29, 1.82) is 0 Å². The first-order chi connectivity index (χ1) is 9.95. The van der Waals surface area contributed by atoms with Crippen LogP contribution in [0.1, 0.15) is 12.8 Å². The van der Waals surface area contributed by atoms with Crippen LogP contribution < -0.4 is 4.74 Å². The standard InChI is InChI=1S/C12H10Cl2N2O4S/c1-6(11(17)18)21-12-16-15-10(20-12)5-19-9-3-2-7(13)4-8(9)14/h2-4,6H,5H2,1H3,(H,17,18)/t6-/m0/s1. The highest BCUT2D eigenvalue weighted by molar-refractivity contribution is 8.00. The first kappa shape index (κ1) is 15.9. The summed E-state index contributed by atoms with van der Waals surface area (Å²) in [5.41, 5.74) is 0. The molecule has 1 aromatic heterocycles. The Balaban J connectivity index is 1.95. The van der Waals surface area contributed by atoms with E-state index in [-0.39, 0.29) is 17.7 Å². The molecule has 0 aliphatic heterocycles. The van der Waals surface area contributed by atoms with Crippen LogP contribution in [0.5, 0.6) is 5.75 Å². The molecule has 0 aliphatic carbocycles. The zero-order chi connectivity index (χ0) is 15.4. The fourth-order valence-corrected chi connectivity index (χ4v) is 2.38. The SMILES string of the molecule is C[C@H](Sc1nnc(COc2ccc(Cl)cc2Cl)o1)C(=O)O. The van der Waals surface area contributed by atoms with E-state index >= 15 is 0 Å². The maximum Gasteiger partial charge on any atom is 0.316 e. The first-order valence-corrected chi connectivity index (χ1v) is 7.39. The van der Waals surface area contributed by atoms with Crippen LogP contribution >= 0.6 is 35.0 Å². The van der Waals surface area contributed by atoms with Gasteiger partial charge in [-0.3, -0.25) is 4.79 Å². The van der Waals surface area contributed by atoms with E-state index in [0.29, 0.717) is 15.8 Å². The summed E-state index contributed by atoms with van der Waals surface area (Å²) in [4.78, 5) is 10.7. The summed E-state index contributed by atoms with van der Waals surface area (Å²) in [7, 11) is 0. The van der Waals surface area contributed by atoms with Crippen molar-refractivity contribution in [3.8, 4) is 5.75 Å². The van der Waals surface area contributed by atoms with E-state index < -0.39 is 11.2 Å². The van der Waals surface area contributed by atoms with E-state index in [2.05, 4.69) is 10.2 Å². The largest absolute Gasteiger partial charge is 0.482 e. The zero-order valence-electron chi connectivity index (χ0n) is 10.7. The molecule has 9 heteroatoms. The van der Waals surface area contributed by atoms with Crippen molar-refractivity contribution >= 4 is 40.9 Å². The average Bonchev–Trinajstić information content (AvgIpc) is 2.85. The minimum atomic E-state index is -0.955. The lowest BCUT2D eigenvalue weighted by atomic mass is 10.3. The fraction of sp³-hybridized carbons (Fsp3) is 0.250. The number of rotatable bonds is 6. The molecule has 0 aliphatic rings. The third-order valence-corrected chi connectivity index (χ3v) is 3.77. The molecule has 0 unspecified atom stereocenters. The van der Waals surface area contributed by atoms with Crippen LogP contribution in [0.25, 0.3) is 0 Å². The van der Waals surface area contributed by atoms with Crippen molar-refractivity contribution in [3.05, 3.63) is 34.1 Å². The summed E-state index contributed by atoms with van der Waals surface area (Å²) in [5, 5.41) is 16.7. The molecule has 2 aromatic rings. The zero-order valence-corrected chi connectivity index (χ0v) is 13.1. The average molecular weight is 349 g/mol. The van der Waals surface area contributed by atoms with Crippen molar-refractivity contribution in [3.63, 3.8) is 0 Å². The van der Waals surface area contributed by atoms with Crippen LogP contribution in [0.4, 0.5) is 0 Å². The molecule has 1 heterocycles. The Morgan fingerprint density at radius 1 is 1.48 bits per heavy atom. The number of nitrogens with zero attached hydrogens (tertiary/aromatic N) is 2. The molecule has 0 amide bonds. The number of aliphatic carboxylic acids is 1. The maximum atomic E-state index is 10.7. The third-order valence-electron chi connectivity index (χ3n) is 2.32. The smallest absolute Gasteiger partial charge is 0.316 e. The summed E-state index contributed by atoms with van der Waals surface area (Å²) >= 11 is 12.7. The van der Waals surface area contributed by atoms with Crippen LogP contribution in [0, 0.1) is 0 Å². The highest BCUT2D eigenvalue weighted by Gasteiger charge is 2.17. The number of benzene rings is 1. The number of carbonyl (C=O) groups is 1. The monoisotopic (exact) mass is 348 g/mol. The van der Waals surface area contributed by atoms with E-state index in [0.717, 1.165) is 11.8 Å². The van der Waals surface area contributed by atoms with Gasteiger partial charge in [0.15, 0.2) is 6.61 Å². The van der Waals surface area contributed by atoms with Gasteiger partial charge in [-0.25, -0.2) is 0 Å². The second-order valence-electron chi connectivity index (χ2n) is 3.92. The first-order valence-electron chi connectivity index (χ1n) is 5.75. The molecule has 0 spiro atoms. The Hall–Kier alpha value is -1.44. The third kappa shape index (κ3) is 4.52. The van der Waals surface area contributed by atoms with Crippen molar-refractivity contribution in [2.45, 2.75) is 24.0 Å². The topological polar surface area (TPSA) is 85.5 Å². The molecule has 0 radical (unpaired) electrons. The lowest BCUT2D eigenvalue weighted by molar-refractivity contribution is -0.136. The van der Waals surface area contributed by atoms with E-state index in [1.807, 2.05) is 0 Å². The minimum absolute atomic E-state index is 0.0242. The highest BCUT2D eigenvalue weighted by Crippen LogP contribution is 2.28. The van der Waals surface area contributed by atoms with Crippen molar-refractivity contribution in [2.24, 2.45) is 0 Å². The summed E-state index contributed by atoms with van der Waals surface area (Å²) in [5.74, 6) is -0.294. The molecule has 0 fully saturated rings. The van der Waals surface area contributed by atoms with E-state index in [9.17, 15) is 4.79 Å². The lowest BCUT2D eigenvalue weighted by Gasteiger charge is -2.05. The van der Waals surface area contributed by atoms with E-state index in [4.69, 9.17) is 37.5 Å². The molecule has 1 N–H and O–H groups in total. The van der Waals surface area contributed by atoms with E-state index in [1.54, 1.807) is 18.2 Å². The predicted molar refractivity (Wildman–Crippen MR) is 78.0 cm³/mol. The number of carboxylic acid groups (broad SMARTS) is 1. The van der Waals surface area contributed by atoms with Gasteiger partial charge in [0, 0.05) is 5.02 Å². The number of hydrogen-bond acceptors (Lipinski definition) is 6. The van der Waals surface area contributed by atoms with Crippen LogP contribution in [0.3, 0.4) is 0 Å². The van der Waals surface area contributed by atoms with Crippen molar-refractivity contribution in [1.82, 2.24) is 10.2 Å². The number of ether oxygens (including phenoxy) is 1. The van der Waals surface area contributed by atoms with Gasteiger partial charge < -0.3 is 14.3 Å². The summed E-state index contributed by atoms with van der Waals surface area (Å²) in [6, 6.07) is 4.83. The van der Waals surface area contributed by atoms with Gasteiger partial charge in [0.05, 0.1) is 5.02 Å². The number of thioether (sulfide) groups is 1. The Morgan fingerprint density at radius 2 is 2.24 bits per heavy atom. The predicted octanol–water partition coefficient (Wildman–Crippen LogP) is 3.52. The maximum absolute atomic E-state index is 10.7. The second-order valence-corrected chi connectivity index (χ2v) is 6.06. The van der Waals surface area contributed by atoms with Gasteiger partial charge in [-0.1, -0.05) is 35.0 Å². The summed E-state index contributed by atoms with van der Waals surface area (Å²) in [6.45, 7) is 1.55. The van der Waals surface area contributed by atoms with Gasteiger partial charge in [0.25, 0.3) is 11.1 Å². The molecule has 112 valence electrons. The van der Waals surface area contributed by atoms with Crippen LogP contribution in [-0.2, 0) is 11.4 Å². The quantitative estimate of drug-likeness (QED) is 0.799. The number of aromatic nitrogens is 2. The van der Waals surface area contributed by atoms with Crippen LogP contribution in [0.2, 0.25) is 10.0 Å². The Kier molecular flexibility index (Phi) is 5.33. The molecule has 2 rings (SSSR count). The van der Waals surface area contributed by atoms with Gasteiger partial charge in [0.1, 0.15) is 11.0 Å². The molecule has 21 heavy (non-hydrogen) atoms. The molecule has 0 bridgehead atoms. The van der Waals surface area contributed by atoms with E-state index in [1.165, 1.54) is 6.92 Å². The Bertz CT molecular complexity index is 650. The van der Waals surface area contributed by atoms with Crippen LogP contribution in [-0.4, -0.2) is 26.5 Å². The number of carboxylic acids is 1. The molecule has 1 atom stereocenters. The normalized spacial score (nSPS) is 12.1. The number of hydrogen-bond donors (Lipinski definition) is 1. The van der Waals surface area contributed by atoms with Gasteiger partial charge in [-0.15, -0.1) is 10.2 Å². The van der Waals surface area contributed by atoms with Gasteiger partial charge in [-0.2, -0.15) is 0 Å². The van der Waals surface area contributed by atoms with Gasteiger partial charge in [0.2, 0.25) is 0 Å². The summed E-state index contributed by atoms with van der Waals surface area (Å²) in [6.07, 6.45) is 0. The molecule has 1 aromatic carbocycles. The summed E-state index contributed by atoms with van der Waals surface area (Å²) < 4.78 is 10.7. The fourth-order valence-electron chi connectivity index (χ4n) is 1.28. The van der Waals surface area contributed by atoms with Gasteiger partial charge >= 0.3 is 5.97 Å².